The third-order valence-corrected chi connectivity index (χ3v) is 5.23. The molecule has 0 aromatic heterocycles. The summed E-state index contributed by atoms with van der Waals surface area (Å²) >= 11 is 0. The van der Waals surface area contributed by atoms with Crippen LogP contribution in [0.25, 0.3) is 0 Å². The van der Waals surface area contributed by atoms with Crippen molar-refractivity contribution in [2.45, 2.75) is 38.0 Å². The minimum atomic E-state index is -3.64. The molecule has 0 spiro atoms. The van der Waals surface area contributed by atoms with Crippen LogP contribution in [-0.2, 0) is 14.8 Å². The Hall–Kier alpha value is -2.34. The molecule has 0 aliphatic rings. The number of hydrogen-bond acceptors (Lipinski definition) is 3. The van der Waals surface area contributed by atoms with Crippen LogP contribution < -0.4 is 10.0 Å². The molecule has 2 N–H and O–H groups in total. The smallest absolute Gasteiger partial charge is 0.261 e. The Morgan fingerprint density at radius 1 is 1.00 bits per heavy atom. The van der Waals surface area contributed by atoms with Crippen molar-refractivity contribution in [3.05, 3.63) is 54.1 Å². The van der Waals surface area contributed by atoms with Crippen LogP contribution >= 0.6 is 0 Å². The first-order valence-electron chi connectivity index (χ1n) is 7.82. The Kier molecular flexibility index (Phi) is 5.62. The van der Waals surface area contributed by atoms with E-state index in [9.17, 15) is 13.2 Å². The van der Waals surface area contributed by atoms with Gasteiger partial charge in [-0.2, -0.15) is 0 Å². The normalized spacial score (nSPS) is 12.5. The van der Waals surface area contributed by atoms with Gasteiger partial charge in [-0.25, -0.2) is 8.42 Å². The van der Waals surface area contributed by atoms with Crippen LogP contribution in [0.4, 0.5) is 11.4 Å². The average Bonchev–Trinajstić information content (AvgIpc) is 2.55. The van der Waals surface area contributed by atoms with Gasteiger partial charge in [0.25, 0.3) is 10.0 Å². The summed E-state index contributed by atoms with van der Waals surface area (Å²) in [6.07, 6.45) is 1.00. The number of amides is 1. The number of anilines is 2. The molecule has 0 radical (unpaired) electrons. The van der Waals surface area contributed by atoms with E-state index in [-0.39, 0.29) is 10.8 Å². The maximum Gasteiger partial charge on any atom is 0.261 e. The van der Waals surface area contributed by atoms with E-state index in [2.05, 4.69) is 23.9 Å². The quantitative estimate of drug-likeness (QED) is 0.831. The summed E-state index contributed by atoms with van der Waals surface area (Å²) in [5.41, 5.74) is 2.18. The summed E-state index contributed by atoms with van der Waals surface area (Å²) in [7, 11) is -3.64. The zero-order chi connectivity index (χ0) is 17.7. The van der Waals surface area contributed by atoms with Crippen LogP contribution in [-0.4, -0.2) is 14.3 Å². The van der Waals surface area contributed by atoms with Crippen LogP contribution in [0.15, 0.2) is 53.4 Å². The lowest BCUT2D eigenvalue weighted by Crippen LogP contribution is -2.13. The number of nitrogens with one attached hydrogen (secondary N) is 2. The largest absolute Gasteiger partial charge is 0.326 e. The highest BCUT2D eigenvalue weighted by molar-refractivity contribution is 7.92. The Labute approximate surface area is 143 Å². The summed E-state index contributed by atoms with van der Waals surface area (Å²) < 4.78 is 27.4. The van der Waals surface area contributed by atoms with Gasteiger partial charge < -0.3 is 5.32 Å². The molecule has 24 heavy (non-hydrogen) atoms. The first-order valence-corrected chi connectivity index (χ1v) is 9.30. The van der Waals surface area contributed by atoms with Gasteiger partial charge in [0.2, 0.25) is 5.91 Å². The molecule has 6 heteroatoms. The molecular formula is C18H22N2O3S. The van der Waals surface area contributed by atoms with E-state index in [0.717, 1.165) is 12.0 Å². The van der Waals surface area contributed by atoms with Gasteiger partial charge >= 0.3 is 0 Å². The minimum absolute atomic E-state index is 0.176. The number of benzene rings is 2. The summed E-state index contributed by atoms with van der Waals surface area (Å²) in [5, 5.41) is 2.63. The van der Waals surface area contributed by atoms with Gasteiger partial charge in [-0.3, -0.25) is 9.52 Å². The number of carbonyl (C=O) groups is 1. The van der Waals surface area contributed by atoms with Crippen molar-refractivity contribution in [1.29, 1.82) is 0 Å². The summed E-state index contributed by atoms with van der Waals surface area (Å²) in [5.74, 6) is 0.223. The molecule has 0 bridgehead atoms. The van der Waals surface area contributed by atoms with Crippen molar-refractivity contribution in [3.63, 3.8) is 0 Å². The van der Waals surface area contributed by atoms with E-state index in [1.54, 1.807) is 36.4 Å². The minimum Gasteiger partial charge on any atom is -0.326 e. The zero-order valence-corrected chi connectivity index (χ0v) is 14.9. The fraction of sp³-hybridized carbons (Fsp3) is 0.278. The molecule has 2 aromatic carbocycles. The molecule has 0 unspecified atom stereocenters. The van der Waals surface area contributed by atoms with E-state index in [1.807, 2.05) is 12.1 Å². The highest BCUT2D eigenvalue weighted by atomic mass is 32.2. The Bertz CT molecular complexity index is 797. The van der Waals surface area contributed by atoms with E-state index in [0.29, 0.717) is 17.3 Å². The number of rotatable bonds is 6. The fourth-order valence-electron chi connectivity index (χ4n) is 2.25. The fourth-order valence-corrected chi connectivity index (χ4v) is 3.31. The van der Waals surface area contributed by atoms with Crippen LogP contribution in [0.2, 0.25) is 0 Å². The summed E-state index contributed by atoms with van der Waals surface area (Å²) in [4.78, 5) is 11.2. The molecule has 2 rings (SSSR count). The molecule has 0 aliphatic carbocycles. The second kappa shape index (κ2) is 7.49. The van der Waals surface area contributed by atoms with Gasteiger partial charge in [-0.1, -0.05) is 26.0 Å². The molecule has 128 valence electrons. The summed E-state index contributed by atoms with van der Waals surface area (Å²) in [6.45, 7) is 5.62. The Morgan fingerprint density at radius 3 is 2.04 bits per heavy atom. The zero-order valence-electron chi connectivity index (χ0n) is 14.0. The second-order valence-electron chi connectivity index (χ2n) is 5.74. The molecule has 0 saturated carbocycles. The molecule has 2 aromatic rings. The number of sulfonamides is 1. The van der Waals surface area contributed by atoms with Crippen LogP contribution in [0.3, 0.4) is 0 Å². The third kappa shape index (κ3) is 4.58. The monoisotopic (exact) mass is 346 g/mol. The third-order valence-electron chi connectivity index (χ3n) is 3.83. The SMILES string of the molecule is CC[C@H](C)c1ccc(S(=O)(=O)Nc2ccc(NC(C)=O)cc2)cc1. The van der Waals surface area contributed by atoms with E-state index >= 15 is 0 Å². The van der Waals surface area contributed by atoms with Gasteiger partial charge in [0.1, 0.15) is 0 Å². The van der Waals surface area contributed by atoms with E-state index in [1.165, 1.54) is 6.92 Å². The molecule has 5 nitrogen and oxygen atoms in total. The molecule has 0 aliphatic heterocycles. The predicted octanol–water partition coefficient (Wildman–Crippen LogP) is 3.96. The maximum atomic E-state index is 12.4. The van der Waals surface area contributed by atoms with Crippen molar-refractivity contribution in [1.82, 2.24) is 0 Å². The van der Waals surface area contributed by atoms with Crippen molar-refractivity contribution < 1.29 is 13.2 Å². The Morgan fingerprint density at radius 2 is 1.54 bits per heavy atom. The standard InChI is InChI=1S/C18H22N2O3S/c1-4-13(2)15-5-11-18(12-6-15)24(22,23)20-17-9-7-16(8-10-17)19-14(3)21/h5-13,20H,4H2,1-3H3,(H,19,21)/t13-/m0/s1. The topological polar surface area (TPSA) is 75.3 Å². The van der Waals surface area contributed by atoms with Gasteiger partial charge in [0.15, 0.2) is 0 Å². The van der Waals surface area contributed by atoms with Crippen molar-refractivity contribution >= 4 is 27.3 Å². The highest BCUT2D eigenvalue weighted by Gasteiger charge is 2.14. The molecule has 0 fully saturated rings. The van der Waals surface area contributed by atoms with Crippen LogP contribution in [0.5, 0.6) is 0 Å². The predicted molar refractivity (Wildman–Crippen MR) is 96.7 cm³/mol. The van der Waals surface area contributed by atoms with Gasteiger partial charge in [0.05, 0.1) is 4.90 Å². The highest BCUT2D eigenvalue weighted by Crippen LogP contribution is 2.22. The maximum absolute atomic E-state index is 12.4. The molecular weight excluding hydrogens is 324 g/mol. The average molecular weight is 346 g/mol. The van der Waals surface area contributed by atoms with E-state index in [4.69, 9.17) is 0 Å². The van der Waals surface area contributed by atoms with Gasteiger partial charge in [-0.05, 0) is 54.3 Å². The van der Waals surface area contributed by atoms with Crippen molar-refractivity contribution in [2.75, 3.05) is 10.0 Å². The van der Waals surface area contributed by atoms with Gasteiger partial charge in [0, 0.05) is 18.3 Å². The lowest BCUT2D eigenvalue weighted by molar-refractivity contribution is -0.114. The Balaban J connectivity index is 2.14. The molecule has 0 saturated heterocycles. The lowest BCUT2D eigenvalue weighted by Gasteiger charge is -2.12. The van der Waals surface area contributed by atoms with Crippen molar-refractivity contribution in [3.8, 4) is 0 Å². The van der Waals surface area contributed by atoms with Crippen LogP contribution in [0.1, 0.15) is 38.7 Å². The second-order valence-corrected chi connectivity index (χ2v) is 7.42. The first-order chi connectivity index (χ1) is 11.3. The lowest BCUT2D eigenvalue weighted by atomic mass is 9.99. The van der Waals surface area contributed by atoms with Crippen LogP contribution in [0, 0.1) is 0 Å². The van der Waals surface area contributed by atoms with E-state index < -0.39 is 10.0 Å². The summed E-state index contributed by atoms with van der Waals surface area (Å²) in [6, 6.07) is 13.4. The van der Waals surface area contributed by atoms with Crippen molar-refractivity contribution in [2.24, 2.45) is 0 Å². The molecule has 0 heterocycles. The first kappa shape index (κ1) is 18.0. The molecule has 1 amide bonds. The number of hydrogen-bond donors (Lipinski definition) is 2. The number of carbonyl (C=O) groups excluding carboxylic acids is 1. The molecule has 1 atom stereocenters. The van der Waals surface area contributed by atoms with Gasteiger partial charge in [-0.15, -0.1) is 0 Å².